The predicted molar refractivity (Wildman–Crippen MR) is 111 cm³/mol. The van der Waals surface area contributed by atoms with E-state index in [9.17, 15) is 0 Å². The van der Waals surface area contributed by atoms with Crippen molar-refractivity contribution in [3.8, 4) is 11.5 Å². The Bertz CT molecular complexity index is 589. The summed E-state index contributed by atoms with van der Waals surface area (Å²) in [7, 11) is 5.13. The predicted octanol–water partition coefficient (Wildman–Crippen LogP) is 2.73. The molecule has 7 heteroatoms. The molecule has 1 fully saturated rings. The van der Waals surface area contributed by atoms with E-state index in [2.05, 4.69) is 21.7 Å². The van der Waals surface area contributed by atoms with Crippen molar-refractivity contribution < 1.29 is 18.9 Å². The quantitative estimate of drug-likeness (QED) is 0.323. The van der Waals surface area contributed by atoms with Crippen molar-refractivity contribution in [3.63, 3.8) is 0 Å². The van der Waals surface area contributed by atoms with Crippen LogP contribution in [0.3, 0.4) is 0 Å². The number of rotatable bonds is 12. The minimum absolute atomic E-state index is 0.283. The van der Waals surface area contributed by atoms with Crippen molar-refractivity contribution in [2.45, 2.75) is 44.8 Å². The zero-order valence-electron chi connectivity index (χ0n) is 17.5. The van der Waals surface area contributed by atoms with Gasteiger partial charge < -0.3 is 29.6 Å². The summed E-state index contributed by atoms with van der Waals surface area (Å²) in [5.74, 6) is 2.38. The zero-order valence-corrected chi connectivity index (χ0v) is 17.5. The van der Waals surface area contributed by atoms with Crippen LogP contribution in [0.4, 0.5) is 0 Å². The Kier molecular flexibility index (Phi) is 10.5. The first kappa shape index (κ1) is 22.3. The van der Waals surface area contributed by atoms with Gasteiger partial charge in [-0.25, -0.2) is 0 Å². The number of benzene rings is 1. The van der Waals surface area contributed by atoms with Crippen molar-refractivity contribution in [1.29, 1.82) is 0 Å². The van der Waals surface area contributed by atoms with Gasteiger partial charge in [0.05, 0.1) is 26.4 Å². The summed E-state index contributed by atoms with van der Waals surface area (Å²) in [6, 6.07) is 6.01. The van der Waals surface area contributed by atoms with E-state index in [-0.39, 0.29) is 6.10 Å². The molecular weight excluding hydrogens is 358 g/mol. The molecule has 0 bridgehead atoms. The lowest BCUT2D eigenvalue weighted by atomic mass is 10.1. The number of hydrogen-bond acceptors (Lipinski definition) is 5. The highest BCUT2D eigenvalue weighted by Gasteiger charge is 2.20. The van der Waals surface area contributed by atoms with E-state index in [4.69, 9.17) is 18.9 Å². The highest BCUT2D eigenvalue weighted by atomic mass is 16.5. The number of aliphatic imine (C=N–C) groups is 1. The molecule has 2 rings (SSSR count). The summed E-state index contributed by atoms with van der Waals surface area (Å²) in [5, 5.41) is 6.66. The first-order chi connectivity index (χ1) is 13.8. The summed E-state index contributed by atoms with van der Waals surface area (Å²) in [4.78, 5) is 4.29. The molecule has 0 unspecified atom stereocenters. The number of hydrogen-bond donors (Lipinski definition) is 2. The molecule has 1 saturated carbocycles. The third-order valence-corrected chi connectivity index (χ3v) is 4.73. The highest BCUT2D eigenvalue weighted by Crippen LogP contribution is 2.34. The minimum Gasteiger partial charge on any atom is -0.493 e. The molecule has 2 N–H and O–H groups in total. The van der Waals surface area contributed by atoms with E-state index in [1.165, 1.54) is 12.8 Å². The molecule has 0 saturated heterocycles. The molecular formula is C21H35N3O4. The molecule has 0 atom stereocenters. The van der Waals surface area contributed by atoms with Crippen LogP contribution in [0, 0.1) is 0 Å². The van der Waals surface area contributed by atoms with E-state index < -0.39 is 0 Å². The second kappa shape index (κ2) is 13.2. The Morgan fingerprint density at radius 3 is 2.64 bits per heavy atom. The van der Waals surface area contributed by atoms with E-state index in [1.54, 1.807) is 21.3 Å². The first-order valence-corrected chi connectivity index (χ1v) is 10.1. The van der Waals surface area contributed by atoms with Crippen molar-refractivity contribution in [2.24, 2.45) is 4.99 Å². The van der Waals surface area contributed by atoms with E-state index in [0.717, 1.165) is 48.8 Å². The molecule has 7 nitrogen and oxygen atoms in total. The van der Waals surface area contributed by atoms with Crippen LogP contribution in [0.5, 0.6) is 11.5 Å². The minimum atomic E-state index is 0.283. The maximum Gasteiger partial charge on any atom is 0.191 e. The normalized spacial score (nSPS) is 14.9. The second-order valence-electron chi connectivity index (χ2n) is 6.78. The second-order valence-corrected chi connectivity index (χ2v) is 6.78. The fraction of sp³-hybridized carbons (Fsp3) is 0.667. The van der Waals surface area contributed by atoms with Gasteiger partial charge in [-0.05, 0) is 38.2 Å². The van der Waals surface area contributed by atoms with Gasteiger partial charge in [0.15, 0.2) is 17.5 Å². The molecule has 0 amide bonds. The van der Waals surface area contributed by atoms with Crippen molar-refractivity contribution in [1.82, 2.24) is 10.6 Å². The van der Waals surface area contributed by atoms with Crippen molar-refractivity contribution in [3.05, 3.63) is 23.8 Å². The van der Waals surface area contributed by atoms with Crippen LogP contribution in [0.25, 0.3) is 0 Å². The fourth-order valence-electron chi connectivity index (χ4n) is 3.19. The van der Waals surface area contributed by atoms with Gasteiger partial charge in [0.1, 0.15) is 0 Å². The van der Waals surface area contributed by atoms with Gasteiger partial charge in [0.25, 0.3) is 0 Å². The smallest absolute Gasteiger partial charge is 0.191 e. The maximum atomic E-state index is 6.29. The largest absolute Gasteiger partial charge is 0.493 e. The highest BCUT2D eigenvalue weighted by molar-refractivity contribution is 5.79. The Balaban J connectivity index is 1.82. The lowest BCUT2D eigenvalue weighted by Crippen LogP contribution is -2.37. The molecule has 28 heavy (non-hydrogen) atoms. The van der Waals surface area contributed by atoms with Gasteiger partial charge in [-0.2, -0.15) is 0 Å². The van der Waals surface area contributed by atoms with Crippen LogP contribution >= 0.6 is 0 Å². The summed E-state index contributed by atoms with van der Waals surface area (Å²) < 4.78 is 22.2. The molecule has 1 aromatic rings. The molecule has 0 aromatic heterocycles. The van der Waals surface area contributed by atoms with Gasteiger partial charge in [-0.1, -0.05) is 12.1 Å². The third-order valence-electron chi connectivity index (χ3n) is 4.73. The lowest BCUT2D eigenvalue weighted by Gasteiger charge is -2.20. The summed E-state index contributed by atoms with van der Waals surface area (Å²) >= 11 is 0. The molecule has 1 aliphatic carbocycles. The zero-order chi connectivity index (χ0) is 20.0. The fourth-order valence-corrected chi connectivity index (χ4v) is 3.19. The molecule has 0 heterocycles. The topological polar surface area (TPSA) is 73.3 Å². The number of nitrogens with zero attached hydrogens (tertiary/aromatic N) is 1. The molecule has 158 valence electrons. The SMILES string of the molecule is CN=C(NCCCOCCOC)NCc1cccc(OC)c1OC1CCCC1. The van der Waals surface area contributed by atoms with Crippen LogP contribution in [0.1, 0.15) is 37.7 Å². The average Bonchev–Trinajstić information content (AvgIpc) is 3.23. The molecule has 1 aromatic carbocycles. The average molecular weight is 394 g/mol. The number of ether oxygens (including phenoxy) is 4. The third kappa shape index (κ3) is 7.56. The van der Waals surface area contributed by atoms with Gasteiger partial charge in [0, 0.05) is 39.4 Å². The van der Waals surface area contributed by atoms with Crippen LogP contribution in [-0.2, 0) is 16.0 Å². The molecule has 0 spiro atoms. The van der Waals surface area contributed by atoms with Crippen LogP contribution in [0.15, 0.2) is 23.2 Å². The lowest BCUT2D eigenvalue weighted by molar-refractivity contribution is 0.0698. The van der Waals surface area contributed by atoms with Gasteiger partial charge >= 0.3 is 0 Å². The summed E-state index contributed by atoms with van der Waals surface area (Å²) in [6.45, 7) is 3.35. The van der Waals surface area contributed by atoms with E-state index in [0.29, 0.717) is 26.4 Å². The van der Waals surface area contributed by atoms with Gasteiger partial charge in [-0.15, -0.1) is 0 Å². The molecule has 0 aliphatic heterocycles. The maximum absolute atomic E-state index is 6.29. The Morgan fingerprint density at radius 2 is 1.93 bits per heavy atom. The summed E-state index contributed by atoms with van der Waals surface area (Å²) in [6.07, 6.45) is 5.88. The van der Waals surface area contributed by atoms with E-state index >= 15 is 0 Å². The first-order valence-electron chi connectivity index (χ1n) is 10.1. The van der Waals surface area contributed by atoms with Crippen molar-refractivity contribution in [2.75, 3.05) is 47.6 Å². The van der Waals surface area contributed by atoms with E-state index in [1.807, 2.05) is 12.1 Å². The van der Waals surface area contributed by atoms with Gasteiger partial charge in [-0.3, -0.25) is 4.99 Å². The standard InChI is InChI=1S/C21H35N3O4/c1-22-21(23-12-7-13-27-15-14-25-2)24-16-17-8-6-11-19(26-3)20(17)28-18-9-4-5-10-18/h6,8,11,18H,4-5,7,9-10,12-16H2,1-3H3,(H2,22,23,24). The monoisotopic (exact) mass is 393 g/mol. The molecule has 0 radical (unpaired) electrons. The molecule has 1 aliphatic rings. The van der Waals surface area contributed by atoms with Crippen LogP contribution in [-0.4, -0.2) is 59.7 Å². The summed E-state index contributed by atoms with van der Waals surface area (Å²) in [5.41, 5.74) is 1.07. The van der Waals surface area contributed by atoms with Crippen LogP contribution in [0.2, 0.25) is 0 Å². The Hall–Kier alpha value is -1.99. The number of guanidine groups is 1. The van der Waals surface area contributed by atoms with Crippen LogP contribution < -0.4 is 20.1 Å². The number of methoxy groups -OCH3 is 2. The Morgan fingerprint density at radius 1 is 1.11 bits per heavy atom. The Labute approximate surface area is 168 Å². The number of para-hydroxylation sites is 1. The van der Waals surface area contributed by atoms with Crippen molar-refractivity contribution >= 4 is 5.96 Å². The number of nitrogens with one attached hydrogen (secondary N) is 2. The van der Waals surface area contributed by atoms with Gasteiger partial charge in [0.2, 0.25) is 0 Å².